The molecule has 1 atom stereocenters. The molecular formula is C19H18ClN5O3S2. The molecule has 1 aliphatic heterocycles. The molecule has 1 aliphatic rings. The molecule has 0 bridgehead atoms. The van der Waals surface area contributed by atoms with Crippen LogP contribution in [0.2, 0.25) is 4.34 Å². The number of fused-ring (bicyclic) bond motifs is 1. The molecule has 0 aliphatic carbocycles. The first kappa shape index (κ1) is 20.6. The average Bonchev–Trinajstić information content (AvgIpc) is 3.45. The number of amides is 3. The number of ether oxygens (including phenoxy) is 1. The van der Waals surface area contributed by atoms with Crippen molar-refractivity contribution >= 4 is 51.5 Å². The number of hydrogen-bond donors (Lipinski definition) is 2. The monoisotopic (exact) mass is 463 g/mol. The van der Waals surface area contributed by atoms with Crippen LogP contribution in [0.5, 0.6) is 5.75 Å². The highest BCUT2D eigenvalue weighted by Crippen LogP contribution is 2.29. The van der Waals surface area contributed by atoms with E-state index in [9.17, 15) is 9.59 Å². The van der Waals surface area contributed by atoms with E-state index in [-0.39, 0.29) is 18.5 Å². The first-order valence-electron chi connectivity index (χ1n) is 9.09. The minimum Gasteiger partial charge on any atom is -0.480 e. The third kappa shape index (κ3) is 4.89. The van der Waals surface area contributed by atoms with Crippen molar-refractivity contribution in [2.75, 3.05) is 12.4 Å². The second-order valence-electron chi connectivity index (χ2n) is 6.64. The molecule has 3 amide bonds. The summed E-state index contributed by atoms with van der Waals surface area (Å²) in [5, 5.41) is 5.74. The number of likely N-dealkylation sites (N-methyl/N-ethyl adjacent to an activating group) is 1. The second kappa shape index (κ2) is 8.99. The van der Waals surface area contributed by atoms with Gasteiger partial charge in [-0.05, 0) is 23.8 Å². The summed E-state index contributed by atoms with van der Waals surface area (Å²) >= 11 is 8.34. The summed E-state index contributed by atoms with van der Waals surface area (Å²) < 4.78 is 10.6. The van der Waals surface area contributed by atoms with Gasteiger partial charge in [0.25, 0.3) is 5.91 Å². The van der Waals surface area contributed by atoms with Crippen LogP contribution in [-0.2, 0) is 24.3 Å². The standard InChI is InChI=1S/C19H18ClN5O3S2/c1-25(17(26)14-8-11-4-2-3-5-13(11)28-14)10-16-22-19(30-24-16)23-18(27)21-9-12-6-7-15(20)29-12/h2-7,14H,8-10H2,1H3,(H2,21,22,23,24,27). The third-order valence-electron chi connectivity index (χ3n) is 4.42. The fraction of sp³-hybridized carbons (Fsp3) is 0.263. The largest absolute Gasteiger partial charge is 0.480 e. The highest BCUT2D eigenvalue weighted by atomic mass is 35.5. The highest BCUT2D eigenvalue weighted by molar-refractivity contribution is 7.16. The molecule has 156 valence electrons. The SMILES string of the molecule is CN(Cc1nsc(NC(=O)NCc2ccc(Cl)s2)n1)C(=O)C1Cc2ccccc2O1. The van der Waals surface area contributed by atoms with Crippen molar-refractivity contribution in [2.24, 2.45) is 0 Å². The molecule has 30 heavy (non-hydrogen) atoms. The Morgan fingerprint density at radius 2 is 2.13 bits per heavy atom. The molecule has 4 rings (SSSR count). The van der Waals surface area contributed by atoms with Gasteiger partial charge < -0.3 is 15.0 Å². The molecule has 3 heterocycles. The normalized spacial score (nSPS) is 14.7. The van der Waals surface area contributed by atoms with E-state index >= 15 is 0 Å². The van der Waals surface area contributed by atoms with E-state index in [4.69, 9.17) is 16.3 Å². The minimum atomic E-state index is -0.542. The summed E-state index contributed by atoms with van der Waals surface area (Å²) in [5.74, 6) is 1.06. The van der Waals surface area contributed by atoms with Gasteiger partial charge in [-0.15, -0.1) is 11.3 Å². The van der Waals surface area contributed by atoms with E-state index in [1.165, 1.54) is 16.2 Å². The van der Waals surface area contributed by atoms with Gasteiger partial charge in [0, 0.05) is 29.9 Å². The van der Waals surface area contributed by atoms with Gasteiger partial charge in [0.2, 0.25) is 5.13 Å². The number of anilines is 1. The average molecular weight is 464 g/mol. The number of urea groups is 1. The Morgan fingerprint density at radius 3 is 2.90 bits per heavy atom. The molecule has 1 aromatic carbocycles. The number of para-hydroxylation sites is 1. The molecule has 2 N–H and O–H groups in total. The van der Waals surface area contributed by atoms with Crippen LogP contribution >= 0.6 is 34.5 Å². The van der Waals surface area contributed by atoms with E-state index in [0.717, 1.165) is 27.7 Å². The number of benzene rings is 1. The maximum atomic E-state index is 12.7. The summed E-state index contributed by atoms with van der Waals surface area (Å²) in [6.45, 7) is 0.596. The Morgan fingerprint density at radius 1 is 1.30 bits per heavy atom. The van der Waals surface area contributed by atoms with Crippen LogP contribution in [0.3, 0.4) is 0 Å². The number of carbonyl (C=O) groups excluding carboxylic acids is 2. The molecule has 0 spiro atoms. The number of aromatic nitrogens is 2. The van der Waals surface area contributed by atoms with Crippen LogP contribution in [0.1, 0.15) is 16.3 Å². The lowest BCUT2D eigenvalue weighted by atomic mass is 10.1. The van der Waals surface area contributed by atoms with Crippen molar-refractivity contribution in [2.45, 2.75) is 25.6 Å². The van der Waals surface area contributed by atoms with Crippen LogP contribution < -0.4 is 15.4 Å². The predicted molar refractivity (Wildman–Crippen MR) is 116 cm³/mol. The zero-order chi connectivity index (χ0) is 21.1. The molecule has 0 saturated carbocycles. The van der Waals surface area contributed by atoms with E-state index in [1.807, 2.05) is 30.3 Å². The van der Waals surface area contributed by atoms with Crippen molar-refractivity contribution in [3.63, 3.8) is 0 Å². The number of nitrogens with one attached hydrogen (secondary N) is 2. The lowest BCUT2D eigenvalue weighted by Gasteiger charge is -2.19. The smallest absolute Gasteiger partial charge is 0.321 e. The first-order valence-corrected chi connectivity index (χ1v) is 11.1. The Bertz CT molecular complexity index is 1040. The van der Waals surface area contributed by atoms with E-state index in [0.29, 0.717) is 28.3 Å². The van der Waals surface area contributed by atoms with Crippen LogP contribution in [0.25, 0.3) is 0 Å². The predicted octanol–water partition coefficient (Wildman–Crippen LogP) is 3.54. The number of halogens is 1. The maximum absolute atomic E-state index is 12.7. The highest BCUT2D eigenvalue weighted by Gasteiger charge is 2.31. The van der Waals surface area contributed by atoms with Crippen LogP contribution in [0.4, 0.5) is 9.93 Å². The summed E-state index contributed by atoms with van der Waals surface area (Å²) in [6.07, 6.45) is 0.00637. The molecule has 11 heteroatoms. The topological polar surface area (TPSA) is 96.5 Å². The maximum Gasteiger partial charge on any atom is 0.321 e. The van der Waals surface area contributed by atoms with Gasteiger partial charge in [-0.2, -0.15) is 4.37 Å². The first-order chi connectivity index (χ1) is 14.5. The summed E-state index contributed by atoms with van der Waals surface area (Å²) in [5.41, 5.74) is 1.03. The van der Waals surface area contributed by atoms with Gasteiger partial charge in [-0.25, -0.2) is 9.78 Å². The Kier molecular flexibility index (Phi) is 6.16. The Hall–Kier alpha value is -2.69. The quantitative estimate of drug-likeness (QED) is 0.582. The third-order valence-corrected chi connectivity index (χ3v) is 6.32. The van der Waals surface area contributed by atoms with Crippen LogP contribution in [0, 0.1) is 0 Å². The molecule has 2 aromatic heterocycles. The summed E-state index contributed by atoms with van der Waals surface area (Å²) in [4.78, 5) is 31.5. The van der Waals surface area contributed by atoms with Crippen LogP contribution in [0.15, 0.2) is 36.4 Å². The zero-order valence-electron chi connectivity index (χ0n) is 15.9. The zero-order valence-corrected chi connectivity index (χ0v) is 18.3. The fourth-order valence-corrected chi connectivity index (χ4v) is 4.58. The van der Waals surface area contributed by atoms with E-state index in [1.54, 1.807) is 13.1 Å². The van der Waals surface area contributed by atoms with Crippen molar-refractivity contribution in [3.05, 3.63) is 57.0 Å². The van der Waals surface area contributed by atoms with Gasteiger partial charge in [-0.1, -0.05) is 29.8 Å². The van der Waals surface area contributed by atoms with Crippen molar-refractivity contribution in [3.8, 4) is 5.75 Å². The second-order valence-corrected chi connectivity index (χ2v) is 9.19. The molecule has 0 fully saturated rings. The number of nitrogens with zero attached hydrogens (tertiary/aromatic N) is 3. The van der Waals surface area contributed by atoms with E-state index in [2.05, 4.69) is 20.0 Å². The number of thiophene rings is 1. The fourth-order valence-electron chi connectivity index (χ4n) is 2.98. The molecule has 8 nitrogen and oxygen atoms in total. The number of hydrogen-bond acceptors (Lipinski definition) is 7. The molecular weight excluding hydrogens is 446 g/mol. The summed E-state index contributed by atoms with van der Waals surface area (Å²) in [6, 6.07) is 10.9. The van der Waals surface area contributed by atoms with Gasteiger partial charge in [0.15, 0.2) is 11.9 Å². The Balaban J connectivity index is 1.26. The van der Waals surface area contributed by atoms with Gasteiger partial charge in [0.05, 0.1) is 17.4 Å². The molecule has 0 saturated heterocycles. The minimum absolute atomic E-state index is 0.136. The molecule has 1 unspecified atom stereocenters. The summed E-state index contributed by atoms with van der Waals surface area (Å²) in [7, 11) is 1.68. The van der Waals surface area contributed by atoms with Crippen molar-refractivity contribution < 1.29 is 14.3 Å². The number of rotatable bonds is 6. The van der Waals surface area contributed by atoms with Crippen molar-refractivity contribution in [1.82, 2.24) is 19.6 Å². The van der Waals surface area contributed by atoms with Gasteiger partial charge in [0.1, 0.15) is 5.75 Å². The number of carbonyl (C=O) groups is 2. The van der Waals surface area contributed by atoms with Gasteiger partial charge in [-0.3, -0.25) is 10.1 Å². The molecule has 0 radical (unpaired) electrons. The van der Waals surface area contributed by atoms with Gasteiger partial charge >= 0.3 is 6.03 Å². The molecule has 3 aromatic rings. The van der Waals surface area contributed by atoms with Crippen molar-refractivity contribution in [1.29, 1.82) is 0 Å². The van der Waals surface area contributed by atoms with Crippen LogP contribution in [-0.4, -0.2) is 39.3 Å². The van der Waals surface area contributed by atoms with E-state index < -0.39 is 6.10 Å². The lowest BCUT2D eigenvalue weighted by molar-refractivity contribution is -0.137. The lowest BCUT2D eigenvalue weighted by Crippen LogP contribution is -2.38. The Labute approximate surface area is 186 Å².